The molecule has 3 heteroatoms. The van der Waals surface area contributed by atoms with Gasteiger partial charge in [0.2, 0.25) is 0 Å². The van der Waals surface area contributed by atoms with Crippen LogP contribution >= 0.6 is 0 Å². The molecule has 4 aromatic carbocycles. The molecule has 0 atom stereocenters. The largest absolute Gasteiger partial charge is 0.748 e. The summed E-state index contributed by atoms with van der Waals surface area (Å²) in [6.07, 6.45) is 0. The Morgan fingerprint density at radius 3 is 2.23 bits per heavy atom. The van der Waals surface area contributed by atoms with Crippen molar-refractivity contribution in [3.63, 3.8) is 0 Å². The Bertz CT molecular complexity index is 905. The van der Waals surface area contributed by atoms with Gasteiger partial charge < -0.3 is 35.1 Å². The molecule has 138 valence electrons. The van der Waals surface area contributed by atoms with Crippen molar-refractivity contribution in [2.45, 2.75) is 6.92 Å². The van der Waals surface area contributed by atoms with Gasteiger partial charge >= 0.3 is 5.97 Å². The first-order valence-electron chi connectivity index (χ1n) is 8.38. The first-order valence-corrected chi connectivity index (χ1v) is 8.38. The Morgan fingerprint density at radius 2 is 1.62 bits per heavy atom. The molecule has 0 aliphatic carbocycles. The van der Waals surface area contributed by atoms with Gasteiger partial charge in [0.15, 0.2) is 0 Å². The Kier molecular flexibility index (Phi) is 7.40. The van der Waals surface area contributed by atoms with Gasteiger partial charge in [-0.05, 0) is 13.0 Å². The molecule has 0 saturated carbocycles. The number of rotatable bonds is 3. The SMILES string of the molecule is CCOC(=O)c1ccc2c(-[c-]3cccc3)cccc2c1.[Fe].[cH-]1[cH-][cH-][cH-][cH-]1. The zero-order valence-electron chi connectivity index (χ0n) is 14.5. The van der Waals surface area contributed by atoms with Gasteiger partial charge in [-0.1, -0.05) is 40.6 Å². The van der Waals surface area contributed by atoms with Crippen molar-refractivity contribution in [2.24, 2.45) is 0 Å². The monoisotopic (exact) mass is 384 g/mol. The number of benzene rings is 2. The van der Waals surface area contributed by atoms with Crippen LogP contribution in [0.2, 0.25) is 0 Å². The van der Waals surface area contributed by atoms with Crippen molar-refractivity contribution in [1.29, 1.82) is 0 Å². The molecule has 0 fully saturated rings. The second-order valence-corrected chi connectivity index (χ2v) is 5.60. The number of hydrogen-bond donors (Lipinski definition) is 0. The standard InChI is InChI=1S/C18H15O2.C5H5.Fe/c1-2-20-18(19)15-10-11-17-14(12-15)8-5-9-16(17)13-6-3-4-7-13;1-2-4-5-3-1;/h3-12H,2H2,1H3;1-5H;/q-1;-5;. The van der Waals surface area contributed by atoms with Gasteiger partial charge in [0.25, 0.3) is 0 Å². The summed E-state index contributed by atoms with van der Waals surface area (Å²) in [7, 11) is 0. The third kappa shape index (κ3) is 4.72. The van der Waals surface area contributed by atoms with Crippen LogP contribution in [0.5, 0.6) is 0 Å². The molecule has 0 heterocycles. The summed E-state index contributed by atoms with van der Waals surface area (Å²) in [5.74, 6) is -0.270. The van der Waals surface area contributed by atoms with Crippen LogP contribution in [0.15, 0.2) is 91.0 Å². The summed E-state index contributed by atoms with van der Waals surface area (Å²) >= 11 is 0. The molecule has 0 aliphatic rings. The van der Waals surface area contributed by atoms with Crippen LogP contribution in [0, 0.1) is 0 Å². The second kappa shape index (κ2) is 9.76. The van der Waals surface area contributed by atoms with Gasteiger partial charge in [-0.15, -0.1) is 23.8 Å². The molecule has 0 aromatic heterocycles. The molecule has 26 heavy (non-hydrogen) atoms. The third-order valence-electron chi connectivity index (χ3n) is 3.92. The molecule has 0 saturated heterocycles. The van der Waals surface area contributed by atoms with E-state index in [1.54, 1.807) is 0 Å². The number of ether oxygens (including phenoxy) is 1. The summed E-state index contributed by atoms with van der Waals surface area (Å²) in [5.41, 5.74) is 2.97. The van der Waals surface area contributed by atoms with E-state index in [2.05, 4.69) is 18.2 Å². The van der Waals surface area contributed by atoms with Crippen molar-refractivity contribution in [3.8, 4) is 11.1 Å². The third-order valence-corrected chi connectivity index (χ3v) is 3.92. The molecule has 0 radical (unpaired) electrons. The summed E-state index contributed by atoms with van der Waals surface area (Å²) in [4.78, 5) is 11.8. The summed E-state index contributed by atoms with van der Waals surface area (Å²) < 4.78 is 5.04. The van der Waals surface area contributed by atoms with E-state index >= 15 is 0 Å². The van der Waals surface area contributed by atoms with Gasteiger partial charge in [-0.25, -0.2) is 4.79 Å². The molecule has 0 spiro atoms. The van der Waals surface area contributed by atoms with Crippen LogP contribution < -0.4 is 0 Å². The molecule has 0 bridgehead atoms. The summed E-state index contributed by atoms with van der Waals surface area (Å²) in [5, 5.41) is 2.20. The average molecular weight is 384 g/mol. The van der Waals surface area contributed by atoms with Crippen LogP contribution in [0.1, 0.15) is 17.3 Å². The minimum Gasteiger partial charge on any atom is -0.748 e. The van der Waals surface area contributed by atoms with Crippen LogP contribution in [0.25, 0.3) is 21.9 Å². The van der Waals surface area contributed by atoms with E-state index in [9.17, 15) is 4.79 Å². The van der Waals surface area contributed by atoms with E-state index in [1.807, 2.05) is 79.7 Å². The molecule has 0 unspecified atom stereocenters. The first-order chi connectivity index (χ1) is 12.3. The van der Waals surface area contributed by atoms with E-state index in [-0.39, 0.29) is 23.0 Å². The van der Waals surface area contributed by atoms with Crippen molar-refractivity contribution >= 4 is 16.7 Å². The molecule has 2 nitrogen and oxygen atoms in total. The number of esters is 1. The summed E-state index contributed by atoms with van der Waals surface area (Å²) in [6.45, 7) is 2.21. The van der Waals surface area contributed by atoms with Crippen molar-refractivity contribution < 1.29 is 26.6 Å². The number of hydrogen-bond acceptors (Lipinski definition) is 2. The first kappa shape index (κ1) is 19.7. The topological polar surface area (TPSA) is 26.3 Å². The van der Waals surface area contributed by atoms with E-state index < -0.39 is 0 Å². The molecule has 0 amide bonds. The molecule has 4 rings (SSSR count). The molecular weight excluding hydrogens is 364 g/mol. The maximum absolute atomic E-state index is 11.8. The van der Waals surface area contributed by atoms with Gasteiger partial charge in [0, 0.05) is 17.1 Å². The summed E-state index contributed by atoms with van der Waals surface area (Å²) in [6, 6.07) is 30.1. The molecular formula is C23H20FeO2-6. The zero-order valence-corrected chi connectivity index (χ0v) is 15.6. The fourth-order valence-corrected chi connectivity index (χ4v) is 2.75. The normalized spacial score (nSPS) is 9.73. The van der Waals surface area contributed by atoms with Gasteiger partial charge in [0.05, 0.1) is 12.2 Å². The van der Waals surface area contributed by atoms with Crippen molar-refractivity contribution in [3.05, 3.63) is 96.6 Å². The Labute approximate surface area is 164 Å². The van der Waals surface area contributed by atoms with Crippen molar-refractivity contribution in [1.82, 2.24) is 0 Å². The fourth-order valence-electron chi connectivity index (χ4n) is 2.75. The average Bonchev–Trinajstić information content (AvgIpc) is 3.37. The maximum atomic E-state index is 11.8. The zero-order chi connectivity index (χ0) is 17.5. The molecule has 0 aliphatic heterocycles. The van der Waals surface area contributed by atoms with E-state index in [0.717, 1.165) is 10.8 Å². The van der Waals surface area contributed by atoms with E-state index in [4.69, 9.17) is 4.74 Å². The second-order valence-electron chi connectivity index (χ2n) is 5.60. The smallest absolute Gasteiger partial charge is 0.338 e. The Balaban J connectivity index is 0.000000351. The fraction of sp³-hybridized carbons (Fsp3) is 0.0870. The minimum atomic E-state index is -0.270. The predicted molar refractivity (Wildman–Crippen MR) is 103 cm³/mol. The van der Waals surface area contributed by atoms with Crippen LogP contribution in [-0.2, 0) is 21.8 Å². The number of carbonyl (C=O) groups is 1. The Hall–Kier alpha value is -2.61. The van der Waals surface area contributed by atoms with Gasteiger partial charge in [0.1, 0.15) is 0 Å². The number of carbonyl (C=O) groups excluding carboxylic acids is 1. The number of fused-ring (bicyclic) bond motifs is 1. The van der Waals surface area contributed by atoms with Crippen LogP contribution in [0.3, 0.4) is 0 Å². The predicted octanol–water partition coefficient (Wildman–Crippen LogP) is 5.81. The van der Waals surface area contributed by atoms with E-state index in [0.29, 0.717) is 12.2 Å². The molecule has 4 aromatic rings. The quantitative estimate of drug-likeness (QED) is 0.253. The van der Waals surface area contributed by atoms with Crippen molar-refractivity contribution in [2.75, 3.05) is 6.61 Å². The Morgan fingerprint density at radius 1 is 0.962 bits per heavy atom. The van der Waals surface area contributed by atoms with Gasteiger partial charge in [-0.2, -0.15) is 12.1 Å². The van der Waals surface area contributed by atoms with Crippen LogP contribution in [0.4, 0.5) is 0 Å². The van der Waals surface area contributed by atoms with Gasteiger partial charge in [-0.3, -0.25) is 0 Å². The maximum Gasteiger partial charge on any atom is 0.338 e. The minimum absolute atomic E-state index is 0. The van der Waals surface area contributed by atoms with E-state index in [1.165, 1.54) is 11.1 Å². The molecule has 0 N–H and O–H groups in total. The van der Waals surface area contributed by atoms with Crippen LogP contribution in [-0.4, -0.2) is 12.6 Å².